The second-order valence-corrected chi connectivity index (χ2v) is 5.23. The van der Waals surface area contributed by atoms with Crippen molar-refractivity contribution in [1.82, 2.24) is 0 Å². The van der Waals surface area contributed by atoms with Gasteiger partial charge in [-0.05, 0) is 43.0 Å². The van der Waals surface area contributed by atoms with Crippen LogP contribution in [-0.2, 0) is 12.8 Å². The first-order valence-corrected chi connectivity index (χ1v) is 6.87. The summed E-state index contributed by atoms with van der Waals surface area (Å²) in [6.07, 6.45) is 1.53. The SMILES string of the molecule is COc1c(O)ccc2c1CCc1cc(O)c(C)c(OC)c1-2. The highest BCUT2D eigenvalue weighted by molar-refractivity contribution is 5.83. The summed E-state index contributed by atoms with van der Waals surface area (Å²) in [5.41, 5.74) is 4.72. The number of rotatable bonds is 2. The summed E-state index contributed by atoms with van der Waals surface area (Å²) in [6, 6.07) is 5.31. The van der Waals surface area contributed by atoms with Gasteiger partial charge in [0.05, 0.1) is 14.2 Å². The Morgan fingerprint density at radius 3 is 2.33 bits per heavy atom. The Morgan fingerprint density at radius 2 is 1.67 bits per heavy atom. The monoisotopic (exact) mass is 286 g/mol. The van der Waals surface area contributed by atoms with Crippen LogP contribution in [0, 0.1) is 6.92 Å². The lowest BCUT2D eigenvalue weighted by atomic mass is 9.83. The maximum absolute atomic E-state index is 10.0. The summed E-state index contributed by atoms with van der Waals surface area (Å²) in [4.78, 5) is 0. The summed E-state index contributed by atoms with van der Waals surface area (Å²) in [6.45, 7) is 1.83. The number of methoxy groups -OCH3 is 2. The quantitative estimate of drug-likeness (QED) is 0.890. The molecule has 110 valence electrons. The predicted molar refractivity (Wildman–Crippen MR) is 80.5 cm³/mol. The van der Waals surface area contributed by atoms with Gasteiger partial charge >= 0.3 is 0 Å². The van der Waals surface area contributed by atoms with Crippen LogP contribution in [0.1, 0.15) is 16.7 Å². The number of benzene rings is 2. The van der Waals surface area contributed by atoms with E-state index in [1.54, 1.807) is 26.4 Å². The Balaban J connectivity index is 2.35. The van der Waals surface area contributed by atoms with Gasteiger partial charge in [0.25, 0.3) is 0 Å². The zero-order valence-corrected chi connectivity index (χ0v) is 12.4. The molecule has 4 nitrogen and oxygen atoms in total. The van der Waals surface area contributed by atoms with E-state index < -0.39 is 0 Å². The first-order chi connectivity index (χ1) is 10.1. The highest BCUT2D eigenvalue weighted by atomic mass is 16.5. The average Bonchev–Trinajstić information content (AvgIpc) is 2.48. The van der Waals surface area contributed by atoms with Crippen molar-refractivity contribution in [2.24, 2.45) is 0 Å². The fraction of sp³-hybridized carbons (Fsp3) is 0.294. The van der Waals surface area contributed by atoms with Crippen LogP contribution in [0.3, 0.4) is 0 Å². The number of fused-ring (bicyclic) bond motifs is 3. The summed E-state index contributed by atoms with van der Waals surface area (Å²) >= 11 is 0. The van der Waals surface area contributed by atoms with E-state index in [1.165, 1.54) is 0 Å². The second kappa shape index (κ2) is 4.88. The van der Waals surface area contributed by atoms with Crippen molar-refractivity contribution < 1.29 is 19.7 Å². The first-order valence-electron chi connectivity index (χ1n) is 6.87. The molecule has 4 heteroatoms. The Hall–Kier alpha value is -2.36. The molecule has 1 aliphatic carbocycles. The molecule has 2 aromatic rings. The maximum Gasteiger partial charge on any atom is 0.164 e. The molecule has 3 rings (SSSR count). The van der Waals surface area contributed by atoms with Gasteiger partial charge in [0, 0.05) is 16.7 Å². The van der Waals surface area contributed by atoms with E-state index in [1.807, 2.05) is 13.0 Å². The fourth-order valence-corrected chi connectivity index (χ4v) is 3.13. The molecule has 0 aromatic heterocycles. The van der Waals surface area contributed by atoms with Gasteiger partial charge in [0.2, 0.25) is 0 Å². The van der Waals surface area contributed by atoms with Crippen LogP contribution in [0.25, 0.3) is 11.1 Å². The first kappa shape index (κ1) is 13.6. The molecule has 0 radical (unpaired) electrons. The van der Waals surface area contributed by atoms with Gasteiger partial charge in [-0.3, -0.25) is 0 Å². The predicted octanol–water partition coefficient (Wildman–Crippen LogP) is 3.19. The standard InChI is InChI=1S/C17H18O4/c1-9-14(19)8-10-4-5-12-11(15(10)16(9)20-2)6-7-13(18)17(12)21-3/h6-8,18-19H,4-5H2,1-3H3. The summed E-state index contributed by atoms with van der Waals surface area (Å²) in [7, 11) is 3.16. The minimum absolute atomic E-state index is 0.147. The number of phenols is 2. The largest absolute Gasteiger partial charge is 0.508 e. The molecule has 0 amide bonds. The van der Waals surface area contributed by atoms with Crippen LogP contribution in [0.2, 0.25) is 0 Å². The second-order valence-electron chi connectivity index (χ2n) is 5.23. The Morgan fingerprint density at radius 1 is 0.952 bits per heavy atom. The Bertz CT molecular complexity index is 719. The number of hydrogen-bond donors (Lipinski definition) is 2. The van der Waals surface area contributed by atoms with Gasteiger partial charge in [0.1, 0.15) is 11.5 Å². The molecule has 0 spiro atoms. The summed E-state index contributed by atoms with van der Waals surface area (Å²) in [5, 5.41) is 20.0. The van der Waals surface area contributed by atoms with Gasteiger partial charge in [-0.1, -0.05) is 6.07 Å². The third kappa shape index (κ3) is 1.90. The van der Waals surface area contributed by atoms with Crippen molar-refractivity contribution in [3.05, 3.63) is 34.9 Å². The van der Waals surface area contributed by atoms with Gasteiger partial charge in [0.15, 0.2) is 11.5 Å². The van der Waals surface area contributed by atoms with E-state index in [2.05, 4.69) is 0 Å². The third-order valence-electron chi connectivity index (χ3n) is 4.15. The topological polar surface area (TPSA) is 58.9 Å². The highest BCUT2D eigenvalue weighted by Gasteiger charge is 2.26. The van der Waals surface area contributed by atoms with Crippen molar-refractivity contribution in [2.75, 3.05) is 14.2 Å². The van der Waals surface area contributed by atoms with E-state index in [0.29, 0.717) is 11.5 Å². The van der Waals surface area contributed by atoms with Gasteiger partial charge in [-0.25, -0.2) is 0 Å². The number of phenolic OH excluding ortho intramolecular Hbond substituents is 2. The van der Waals surface area contributed by atoms with Gasteiger partial charge in [-0.15, -0.1) is 0 Å². The molecular formula is C17H18O4. The van der Waals surface area contributed by atoms with Crippen molar-refractivity contribution in [3.8, 4) is 34.1 Å². The van der Waals surface area contributed by atoms with Crippen LogP contribution < -0.4 is 9.47 Å². The fourth-order valence-electron chi connectivity index (χ4n) is 3.13. The van der Waals surface area contributed by atoms with Crippen molar-refractivity contribution in [1.29, 1.82) is 0 Å². The Kier molecular flexibility index (Phi) is 3.16. The average molecular weight is 286 g/mol. The molecule has 0 unspecified atom stereocenters. The lowest BCUT2D eigenvalue weighted by Gasteiger charge is -2.25. The van der Waals surface area contributed by atoms with Crippen molar-refractivity contribution >= 4 is 0 Å². The summed E-state index contributed by atoms with van der Waals surface area (Å²) < 4.78 is 10.9. The van der Waals surface area contributed by atoms with E-state index in [-0.39, 0.29) is 11.5 Å². The molecule has 2 N–H and O–H groups in total. The molecular weight excluding hydrogens is 268 g/mol. The van der Waals surface area contributed by atoms with Crippen LogP contribution in [0.15, 0.2) is 18.2 Å². The molecule has 1 aliphatic rings. The summed E-state index contributed by atoms with van der Waals surface area (Å²) in [5.74, 6) is 1.60. The molecule has 0 saturated heterocycles. The number of aromatic hydroxyl groups is 2. The van der Waals surface area contributed by atoms with E-state index in [4.69, 9.17) is 9.47 Å². The van der Waals surface area contributed by atoms with Gasteiger partial charge in [-0.2, -0.15) is 0 Å². The maximum atomic E-state index is 10.0. The van der Waals surface area contributed by atoms with Crippen LogP contribution in [0.5, 0.6) is 23.0 Å². The van der Waals surface area contributed by atoms with E-state index in [9.17, 15) is 10.2 Å². The molecule has 21 heavy (non-hydrogen) atoms. The minimum Gasteiger partial charge on any atom is -0.508 e. The molecule has 0 atom stereocenters. The number of ether oxygens (including phenoxy) is 2. The number of hydrogen-bond acceptors (Lipinski definition) is 4. The molecule has 0 fully saturated rings. The van der Waals surface area contributed by atoms with E-state index >= 15 is 0 Å². The van der Waals surface area contributed by atoms with Crippen LogP contribution in [-0.4, -0.2) is 24.4 Å². The number of aryl methyl sites for hydroxylation is 1. The van der Waals surface area contributed by atoms with Gasteiger partial charge < -0.3 is 19.7 Å². The zero-order chi connectivity index (χ0) is 15.1. The van der Waals surface area contributed by atoms with Crippen molar-refractivity contribution in [2.45, 2.75) is 19.8 Å². The minimum atomic E-state index is 0.147. The lowest BCUT2D eigenvalue weighted by Crippen LogP contribution is -2.08. The molecule has 0 aliphatic heterocycles. The molecule has 0 bridgehead atoms. The molecule has 2 aromatic carbocycles. The normalized spacial score (nSPS) is 12.5. The zero-order valence-electron chi connectivity index (χ0n) is 12.4. The Labute approximate surface area is 123 Å². The lowest BCUT2D eigenvalue weighted by molar-refractivity contribution is 0.369. The third-order valence-corrected chi connectivity index (χ3v) is 4.15. The molecule has 0 saturated carbocycles. The molecule has 0 heterocycles. The van der Waals surface area contributed by atoms with E-state index in [0.717, 1.165) is 40.7 Å². The van der Waals surface area contributed by atoms with Crippen molar-refractivity contribution in [3.63, 3.8) is 0 Å². The van der Waals surface area contributed by atoms with Crippen LogP contribution >= 0.6 is 0 Å². The smallest absolute Gasteiger partial charge is 0.164 e. The highest BCUT2D eigenvalue weighted by Crippen LogP contribution is 2.48. The van der Waals surface area contributed by atoms with Crippen LogP contribution in [0.4, 0.5) is 0 Å².